The Balaban J connectivity index is 2.69. The van der Waals surface area contributed by atoms with Crippen molar-refractivity contribution in [3.8, 4) is 11.1 Å². The molecule has 0 heterocycles. The standard InChI is InChI=1S/C15H12F2O2/c1-8-3-9(2)14(13(17)4-8)10-5-11(15(18)19)7-12(16)6-10/h3-7H,1-2H3,(H,18,19). The molecular formula is C15H12F2O2. The molecule has 4 heteroatoms. The Morgan fingerprint density at radius 1 is 1.05 bits per heavy atom. The molecule has 0 aliphatic heterocycles. The van der Waals surface area contributed by atoms with Crippen LogP contribution in [-0.2, 0) is 0 Å². The first-order valence-corrected chi connectivity index (χ1v) is 5.69. The summed E-state index contributed by atoms with van der Waals surface area (Å²) in [6, 6.07) is 6.42. The maximum Gasteiger partial charge on any atom is 0.335 e. The molecule has 0 aliphatic rings. The highest BCUT2D eigenvalue weighted by atomic mass is 19.1. The second-order valence-corrected chi connectivity index (χ2v) is 4.47. The van der Waals surface area contributed by atoms with E-state index in [2.05, 4.69) is 0 Å². The summed E-state index contributed by atoms with van der Waals surface area (Å²) in [5, 5.41) is 8.90. The second kappa shape index (κ2) is 4.80. The van der Waals surface area contributed by atoms with E-state index < -0.39 is 17.6 Å². The third-order valence-corrected chi connectivity index (χ3v) is 2.87. The predicted molar refractivity (Wildman–Crippen MR) is 68.2 cm³/mol. The molecule has 0 saturated carbocycles. The smallest absolute Gasteiger partial charge is 0.335 e. The molecule has 0 aromatic heterocycles. The lowest BCUT2D eigenvalue weighted by Gasteiger charge is -2.10. The van der Waals surface area contributed by atoms with Crippen molar-refractivity contribution in [1.82, 2.24) is 0 Å². The number of aryl methyl sites for hydroxylation is 2. The minimum atomic E-state index is -1.24. The van der Waals surface area contributed by atoms with Crippen molar-refractivity contribution < 1.29 is 18.7 Å². The van der Waals surface area contributed by atoms with Crippen molar-refractivity contribution in [3.63, 3.8) is 0 Å². The topological polar surface area (TPSA) is 37.3 Å². The van der Waals surface area contributed by atoms with Crippen LogP contribution in [-0.4, -0.2) is 11.1 Å². The van der Waals surface area contributed by atoms with Crippen LogP contribution < -0.4 is 0 Å². The largest absolute Gasteiger partial charge is 0.478 e. The Bertz CT molecular complexity index is 640. The average Bonchev–Trinajstić information content (AvgIpc) is 2.26. The molecular weight excluding hydrogens is 250 g/mol. The van der Waals surface area contributed by atoms with Gasteiger partial charge in [0.1, 0.15) is 11.6 Å². The molecule has 0 aliphatic carbocycles. The van der Waals surface area contributed by atoms with Crippen molar-refractivity contribution in [3.05, 3.63) is 58.7 Å². The van der Waals surface area contributed by atoms with Gasteiger partial charge in [-0.2, -0.15) is 0 Å². The quantitative estimate of drug-likeness (QED) is 0.889. The predicted octanol–water partition coefficient (Wildman–Crippen LogP) is 3.95. The molecule has 2 aromatic rings. The van der Waals surface area contributed by atoms with Gasteiger partial charge in [-0.05, 0) is 54.8 Å². The molecule has 0 amide bonds. The first-order chi connectivity index (χ1) is 8.88. The Labute approximate surface area is 109 Å². The van der Waals surface area contributed by atoms with Crippen molar-refractivity contribution in [2.75, 3.05) is 0 Å². The third-order valence-electron chi connectivity index (χ3n) is 2.87. The van der Waals surface area contributed by atoms with Gasteiger partial charge in [-0.25, -0.2) is 13.6 Å². The van der Waals surface area contributed by atoms with Crippen LogP contribution in [0.25, 0.3) is 11.1 Å². The lowest BCUT2D eigenvalue weighted by atomic mass is 9.96. The normalized spacial score (nSPS) is 10.5. The Morgan fingerprint density at radius 3 is 2.32 bits per heavy atom. The number of carboxylic acid groups (broad SMARTS) is 1. The Hall–Kier alpha value is -2.23. The van der Waals surface area contributed by atoms with Crippen molar-refractivity contribution in [2.45, 2.75) is 13.8 Å². The van der Waals surface area contributed by atoms with E-state index in [1.54, 1.807) is 19.9 Å². The van der Waals surface area contributed by atoms with Crippen molar-refractivity contribution in [1.29, 1.82) is 0 Å². The minimum Gasteiger partial charge on any atom is -0.478 e. The van der Waals surface area contributed by atoms with E-state index in [0.29, 0.717) is 5.56 Å². The summed E-state index contributed by atoms with van der Waals surface area (Å²) < 4.78 is 27.4. The number of carboxylic acids is 1. The number of hydrogen-bond donors (Lipinski definition) is 1. The fourth-order valence-corrected chi connectivity index (χ4v) is 2.14. The van der Waals surface area contributed by atoms with E-state index >= 15 is 0 Å². The molecule has 19 heavy (non-hydrogen) atoms. The summed E-state index contributed by atoms with van der Waals surface area (Å²) in [4.78, 5) is 10.9. The number of halogens is 2. The van der Waals surface area contributed by atoms with Gasteiger partial charge in [0.2, 0.25) is 0 Å². The Morgan fingerprint density at radius 2 is 1.74 bits per heavy atom. The molecule has 0 fully saturated rings. The first kappa shape index (κ1) is 13.2. The van der Waals surface area contributed by atoms with Gasteiger partial charge >= 0.3 is 5.97 Å². The average molecular weight is 262 g/mol. The summed E-state index contributed by atoms with van der Waals surface area (Å²) in [6.45, 7) is 3.46. The van der Waals surface area contributed by atoms with Gasteiger partial charge in [0.05, 0.1) is 5.56 Å². The highest BCUT2D eigenvalue weighted by Gasteiger charge is 2.13. The molecule has 98 valence electrons. The van der Waals surface area contributed by atoms with E-state index in [9.17, 15) is 13.6 Å². The van der Waals surface area contributed by atoms with E-state index in [4.69, 9.17) is 5.11 Å². The number of aromatic carboxylic acids is 1. The van der Waals surface area contributed by atoms with Crippen LogP contribution in [0.15, 0.2) is 30.3 Å². The minimum absolute atomic E-state index is 0.200. The van der Waals surface area contributed by atoms with Gasteiger partial charge in [0, 0.05) is 5.56 Å². The van der Waals surface area contributed by atoms with E-state index in [0.717, 1.165) is 17.7 Å². The summed E-state index contributed by atoms with van der Waals surface area (Å²) in [5.74, 6) is -2.43. The maximum atomic E-state index is 14.0. The molecule has 1 N–H and O–H groups in total. The summed E-state index contributed by atoms with van der Waals surface area (Å²) in [7, 11) is 0. The number of hydrogen-bond acceptors (Lipinski definition) is 1. The number of benzene rings is 2. The molecule has 0 atom stereocenters. The molecule has 2 rings (SSSR count). The van der Waals surface area contributed by atoms with E-state index in [-0.39, 0.29) is 16.7 Å². The van der Waals surface area contributed by atoms with Crippen molar-refractivity contribution in [2.24, 2.45) is 0 Å². The van der Waals surface area contributed by atoms with Crippen molar-refractivity contribution >= 4 is 5.97 Å². The molecule has 0 spiro atoms. The summed E-state index contributed by atoms with van der Waals surface area (Å²) in [5.41, 5.74) is 1.66. The maximum absolute atomic E-state index is 14.0. The van der Waals surface area contributed by atoms with Crippen LogP contribution in [0, 0.1) is 25.5 Å². The van der Waals surface area contributed by atoms with Crippen LogP contribution in [0.1, 0.15) is 21.5 Å². The van der Waals surface area contributed by atoms with Gasteiger partial charge in [-0.15, -0.1) is 0 Å². The lowest BCUT2D eigenvalue weighted by molar-refractivity contribution is 0.0696. The zero-order chi connectivity index (χ0) is 14.2. The molecule has 0 bridgehead atoms. The fraction of sp³-hybridized carbons (Fsp3) is 0.133. The number of rotatable bonds is 2. The van der Waals surface area contributed by atoms with E-state index in [1.807, 2.05) is 0 Å². The van der Waals surface area contributed by atoms with Gasteiger partial charge in [0.25, 0.3) is 0 Å². The van der Waals surface area contributed by atoms with Crippen LogP contribution in [0.4, 0.5) is 8.78 Å². The fourth-order valence-electron chi connectivity index (χ4n) is 2.14. The highest BCUT2D eigenvalue weighted by Crippen LogP contribution is 2.29. The molecule has 2 aromatic carbocycles. The van der Waals surface area contributed by atoms with Crippen LogP contribution in [0.3, 0.4) is 0 Å². The molecule has 0 saturated heterocycles. The van der Waals surface area contributed by atoms with Crippen LogP contribution in [0.2, 0.25) is 0 Å². The monoisotopic (exact) mass is 262 g/mol. The second-order valence-electron chi connectivity index (χ2n) is 4.47. The molecule has 2 nitrogen and oxygen atoms in total. The Kier molecular flexibility index (Phi) is 3.34. The van der Waals surface area contributed by atoms with Crippen LogP contribution in [0.5, 0.6) is 0 Å². The van der Waals surface area contributed by atoms with Gasteiger partial charge < -0.3 is 5.11 Å². The molecule has 0 unspecified atom stereocenters. The summed E-state index contributed by atoms with van der Waals surface area (Å²) >= 11 is 0. The van der Waals surface area contributed by atoms with Crippen LogP contribution >= 0.6 is 0 Å². The zero-order valence-electron chi connectivity index (χ0n) is 10.5. The van der Waals surface area contributed by atoms with Gasteiger partial charge in [-0.3, -0.25) is 0 Å². The van der Waals surface area contributed by atoms with Gasteiger partial charge in [-0.1, -0.05) is 6.07 Å². The third kappa shape index (κ3) is 2.62. The summed E-state index contributed by atoms with van der Waals surface area (Å²) in [6.07, 6.45) is 0. The SMILES string of the molecule is Cc1cc(C)c(-c2cc(F)cc(C(=O)O)c2)c(F)c1. The zero-order valence-corrected chi connectivity index (χ0v) is 10.5. The lowest BCUT2D eigenvalue weighted by Crippen LogP contribution is -1.99. The molecule has 0 radical (unpaired) electrons. The van der Waals surface area contributed by atoms with Gasteiger partial charge in [0.15, 0.2) is 0 Å². The number of carbonyl (C=O) groups is 1. The highest BCUT2D eigenvalue weighted by molar-refractivity contribution is 5.89. The van der Waals surface area contributed by atoms with E-state index in [1.165, 1.54) is 12.1 Å². The first-order valence-electron chi connectivity index (χ1n) is 5.69.